The van der Waals surface area contributed by atoms with Gasteiger partial charge in [0.25, 0.3) is 0 Å². The van der Waals surface area contributed by atoms with E-state index in [2.05, 4.69) is 29.2 Å². The van der Waals surface area contributed by atoms with Crippen LogP contribution in [0, 0.1) is 0 Å². The zero-order valence-corrected chi connectivity index (χ0v) is 9.73. The molecule has 1 aromatic rings. The van der Waals surface area contributed by atoms with Crippen LogP contribution in [0.3, 0.4) is 0 Å². The van der Waals surface area contributed by atoms with E-state index in [9.17, 15) is 0 Å². The zero-order chi connectivity index (χ0) is 11.0. The number of nitrogens with two attached hydrogens (primary N) is 1. The third-order valence-electron chi connectivity index (χ3n) is 4.19. The van der Waals surface area contributed by atoms with E-state index in [1.165, 1.54) is 32.2 Å². The van der Waals surface area contributed by atoms with Crippen LogP contribution >= 0.6 is 0 Å². The highest BCUT2D eigenvalue weighted by molar-refractivity contribution is 5.33. The van der Waals surface area contributed by atoms with Crippen molar-refractivity contribution in [3.8, 4) is 0 Å². The lowest BCUT2D eigenvalue weighted by molar-refractivity contribution is 0.188. The van der Waals surface area contributed by atoms with Crippen molar-refractivity contribution in [2.24, 2.45) is 5.73 Å². The summed E-state index contributed by atoms with van der Waals surface area (Å²) in [4.78, 5) is 2.65. The summed E-state index contributed by atoms with van der Waals surface area (Å²) in [7, 11) is 0. The Morgan fingerprint density at radius 1 is 1.19 bits per heavy atom. The maximum absolute atomic E-state index is 5.86. The van der Waals surface area contributed by atoms with Gasteiger partial charge < -0.3 is 5.73 Å². The molecule has 1 aliphatic carbocycles. The van der Waals surface area contributed by atoms with Crippen molar-refractivity contribution in [2.75, 3.05) is 13.1 Å². The standard InChI is InChI=1S/C14H20N2/c15-10-13-6-3-7-16(13)14-8-11-4-1-2-5-12(11)9-14/h1-2,4-5,13-14H,3,6-10,15H2/t13-/m1/s1. The molecular formula is C14H20N2. The average molecular weight is 216 g/mol. The molecule has 2 nitrogen and oxygen atoms in total. The Morgan fingerprint density at radius 2 is 1.88 bits per heavy atom. The van der Waals surface area contributed by atoms with Crippen molar-refractivity contribution in [3.63, 3.8) is 0 Å². The molecule has 0 radical (unpaired) electrons. The molecule has 0 saturated carbocycles. The van der Waals surface area contributed by atoms with Crippen LogP contribution in [-0.4, -0.2) is 30.1 Å². The lowest BCUT2D eigenvalue weighted by Crippen LogP contribution is -2.43. The first-order valence-corrected chi connectivity index (χ1v) is 6.41. The van der Waals surface area contributed by atoms with Crippen LogP contribution < -0.4 is 5.73 Å². The van der Waals surface area contributed by atoms with Gasteiger partial charge in [0.2, 0.25) is 0 Å². The van der Waals surface area contributed by atoms with Gasteiger partial charge in [0.15, 0.2) is 0 Å². The molecule has 2 heteroatoms. The van der Waals surface area contributed by atoms with Gasteiger partial charge in [0, 0.05) is 18.6 Å². The first-order valence-electron chi connectivity index (χ1n) is 6.41. The second-order valence-corrected chi connectivity index (χ2v) is 5.10. The molecule has 3 rings (SSSR count). The minimum Gasteiger partial charge on any atom is -0.329 e. The molecule has 0 spiro atoms. The van der Waals surface area contributed by atoms with Crippen molar-refractivity contribution < 1.29 is 0 Å². The number of fused-ring (bicyclic) bond motifs is 1. The summed E-state index contributed by atoms with van der Waals surface area (Å²) < 4.78 is 0. The van der Waals surface area contributed by atoms with Crippen molar-refractivity contribution >= 4 is 0 Å². The number of rotatable bonds is 2. The van der Waals surface area contributed by atoms with E-state index in [0.29, 0.717) is 12.1 Å². The van der Waals surface area contributed by atoms with Gasteiger partial charge in [-0.15, -0.1) is 0 Å². The molecule has 0 amide bonds. The van der Waals surface area contributed by atoms with E-state index in [-0.39, 0.29) is 0 Å². The van der Waals surface area contributed by atoms with E-state index in [4.69, 9.17) is 5.73 Å². The first-order chi connectivity index (χ1) is 7.88. The average Bonchev–Trinajstić information content (AvgIpc) is 2.94. The summed E-state index contributed by atoms with van der Waals surface area (Å²) >= 11 is 0. The minimum atomic E-state index is 0.638. The number of benzene rings is 1. The largest absolute Gasteiger partial charge is 0.329 e. The lowest BCUT2D eigenvalue weighted by Gasteiger charge is -2.29. The predicted octanol–water partition coefficient (Wildman–Crippen LogP) is 1.58. The van der Waals surface area contributed by atoms with Crippen LogP contribution in [-0.2, 0) is 12.8 Å². The number of hydrogen-bond acceptors (Lipinski definition) is 2. The molecule has 0 bridgehead atoms. The SMILES string of the molecule is NC[C@H]1CCCN1C1Cc2ccccc2C1. The molecule has 2 aliphatic rings. The Labute approximate surface area is 97.4 Å². The molecular weight excluding hydrogens is 196 g/mol. The number of likely N-dealkylation sites (tertiary alicyclic amines) is 1. The van der Waals surface area contributed by atoms with Gasteiger partial charge >= 0.3 is 0 Å². The molecule has 1 fully saturated rings. The van der Waals surface area contributed by atoms with E-state index >= 15 is 0 Å². The maximum atomic E-state index is 5.86. The fourth-order valence-electron chi connectivity index (χ4n) is 3.36. The zero-order valence-electron chi connectivity index (χ0n) is 9.73. The Morgan fingerprint density at radius 3 is 2.50 bits per heavy atom. The molecule has 1 saturated heterocycles. The van der Waals surface area contributed by atoms with Gasteiger partial charge in [-0.05, 0) is 43.4 Å². The molecule has 1 aliphatic heterocycles. The van der Waals surface area contributed by atoms with Crippen LogP contribution in [0.1, 0.15) is 24.0 Å². The quantitative estimate of drug-likeness (QED) is 0.813. The molecule has 86 valence electrons. The van der Waals surface area contributed by atoms with Crippen LogP contribution in [0.25, 0.3) is 0 Å². The van der Waals surface area contributed by atoms with Crippen LogP contribution in [0.4, 0.5) is 0 Å². The smallest absolute Gasteiger partial charge is 0.0222 e. The summed E-state index contributed by atoms with van der Waals surface area (Å²) in [5.74, 6) is 0. The fraction of sp³-hybridized carbons (Fsp3) is 0.571. The summed E-state index contributed by atoms with van der Waals surface area (Å²) in [6.07, 6.45) is 5.08. The lowest BCUT2D eigenvalue weighted by atomic mass is 10.1. The van der Waals surface area contributed by atoms with Crippen LogP contribution in [0.5, 0.6) is 0 Å². The van der Waals surface area contributed by atoms with Crippen LogP contribution in [0.2, 0.25) is 0 Å². The molecule has 0 unspecified atom stereocenters. The van der Waals surface area contributed by atoms with Gasteiger partial charge in [-0.25, -0.2) is 0 Å². The highest BCUT2D eigenvalue weighted by Gasteiger charge is 2.33. The van der Waals surface area contributed by atoms with E-state index in [1.807, 2.05) is 0 Å². The molecule has 1 atom stereocenters. The summed E-state index contributed by atoms with van der Waals surface area (Å²) in [5.41, 5.74) is 8.96. The predicted molar refractivity (Wildman–Crippen MR) is 66.4 cm³/mol. The van der Waals surface area contributed by atoms with Crippen molar-refractivity contribution in [1.82, 2.24) is 4.90 Å². The molecule has 2 N–H and O–H groups in total. The van der Waals surface area contributed by atoms with Gasteiger partial charge in [-0.3, -0.25) is 4.90 Å². The van der Waals surface area contributed by atoms with Gasteiger partial charge in [0.05, 0.1) is 0 Å². The first kappa shape index (κ1) is 10.3. The summed E-state index contributed by atoms with van der Waals surface area (Å²) in [6, 6.07) is 10.2. The van der Waals surface area contributed by atoms with Crippen molar-refractivity contribution in [1.29, 1.82) is 0 Å². The van der Waals surface area contributed by atoms with Gasteiger partial charge in [-0.2, -0.15) is 0 Å². The van der Waals surface area contributed by atoms with Crippen LogP contribution in [0.15, 0.2) is 24.3 Å². The molecule has 16 heavy (non-hydrogen) atoms. The monoisotopic (exact) mass is 216 g/mol. The molecule has 0 aromatic heterocycles. The Hall–Kier alpha value is -0.860. The summed E-state index contributed by atoms with van der Waals surface area (Å²) in [6.45, 7) is 2.08. The van der Waals surface area contributed by atoms with Gasteiger partial charge in [0.1, 0.15) is 0 Å². The van der Waals surface area contributed by atoms with E-state index in [1.54, 1.807) is 11.1 Å². The number of nitrogens with zero attached hydrogens (tertiary/aromatic N) is 1. The normalized spacial score (nSPS) is 26.2. The molecule has 1 aromatic carbocycles. The topological polar surface area (TPSA) is 29.3 Å². The second-order valence-electron chi connectivity index (χ2n) is 5.10. The third kappa shape index (κ3) is 1.66. The summed E-state index contributed by atoms with van der Waals surface area (Å²) in [5, 5.41) is 0. The molecule has 1 heterocycles. The van der Waals surface area contributed by atoms with E-state index in [0.717, 1.165) is 6.54 Å². The minimum absolute atomic E-state index is 0.638. The van der Waals surface area contributed by atoms with Gasteiger partial charge in [-0.1, -0.05) is 24.3 Å². The fourth-order valence-corrected chi connectivity index (χ4v) is 3.36. The second kappa shape index (κ2) is 4.19. The maximum Gasteiger partial charge on any atom is 0.0222 e. The Kier molecular flexibility index (Phi) is 2.70. The van der Waals surface area contributed by atoms with Crippen molar-refractivity contribution in [3.05, 3.63) is 35.4 Å². The Balaban J connectivity index is 1.76. The highest BCUT2D eigenvalue weighted by Crippen LogP contribution is 2.29. The van der Waals surface area contributed by atoms with Crippen molar-refractivity contribution in [2.45, 2.75) is 37.8 Å². The highest BCUT2D eigenvalue weighted by atomic mass is 15.2. The third-order valence-corrected chi connectivity index (χ3v) is 4.19. The number of hydrogen-bond donors (Lipinski definition) is 1. The Bertz CT molecular complexity index is 350. The van der Waals surface area contributed by atoms with E-state index < -0.39 is 0 Å².